The number of rotatable bonds is 5. The maximum atomic E-state index is 14.0. The lowest BCUT2D eigenvalue weighted by Crippen LogP contribution is -2.12. The fourth-order valence-electron chi connectivity index (χ4n) is 2.49. The van der Waals surface area contributed by atoms with Gasteiger partial charge in [-0.3, -0.25) is 4.79 Å². The highest BCUT2D eigenvalue weighted by molar-refractivity contribution is 9.10. The second kappa shape index (κ2) is 5.23. The summed E-state index contributed by atoms with van der Waals surface area (Å²) < 4.78 is 14.7. The number of benzene rings is 1. The largest absolute Gasteiger partial charge is 0.481 e. The van der Waals surface area contributed by atoms with Crippen molar-refractivity contribution in [3.63, 3.8) is 0 Å². The first-order valence-corrected chi connectivity index (χ1v) is 7.29. The van der Waals surface area contributed by atoms with E-state index in [-0.39, 0.29) is 12.3 Å². The van der Waals surface area contributed by atoms with Crippen LogP contribution in [0.25, 0.3) is 0 Å². The third-order valence-electron chi connectivity index (χ3n) is 3.65. The number of carbonyl (C=O) groups is 1. The monoisotopic (exact) mass is 328 g/mol. The van der Waals surface area contributed by atoms with Crippen LogP contribution in [0.2, 0.25) is 0 Å². The van der Waals surface area contributed by atoms with Crippen LogP contribution < -0.4 is 0 Å². The molecule has 1 saturated carbocycles. The van der Waals surface area contributed by atoms with E-state index in [0.717, 1.165) is 18.4 Å². The van der Waals surface area contributed by atoms with Gasteiger partial charge in [-0.1, -0.05) is 28.1 Å². The Balaban J connectivity index is 2.29. The molecule has 0 aliphatic heterocycles. The first-order chi connectivity index (χ1) is 8.79. The Bertz CT molecular complexity index is 489. The minimum Gasteiger partial charge on any atom is -0.481 e. The molecular formula is C15H18BrFO2. The molecule has 1 fully saturated rings. The zero-order valence-corrected chi connectivity index (χ0v) is 12.7. The molecule has 1 N–H and O–H groups in total. The number of aliphatic carboxylic acids is 1. The summed E-state index contributed by atoms with van der Waals surface area (Å²) in [7, 11) is 0. The van der Waals surface area contributed by atoms with E-state index in [4.69, 9.17) is 5.11 Å². The molecule has 0 radical (unpaired) electrons. The Kier molecular flexibility index (Phi) is 4.00. The molecule has 0 aromatic heterocycles. The molecule has 1 aromatic rings. The second-order valence-corrected chi connectivity index (χ2v) is 6.61. The third kappa shape index (κ3) is 3.56. The van der Waals surface area contributed by atoms with E-state index in [2.05, 4.69) is 15.9 Å². The molecule has 19 heavy (non-hydrogen) atoms. The zero-order chi connectivity index (χ0) is 14.2. The molecule has 4 heteroatoms. The van der Waals surface area contributed by atoms with Gasteiger partial charge < -0.3 is 5.11 Å². The molecule has 1 atom stereocenters. The fraction of sp³-hybridized carbons (Fsp3) is 0.533. The molecule has 1 aliphatic carbocycles. The minimum atomic E-state index is -1.40. The molecule has 0 heterocycles. The van der Waals surface area contributed by atoms with Crippen molar-refractivity contribution in [1.29, 1.82) is 0 Å². The second-order valence-electron chi connectivity index (χ2n) is 5.75. The SMILES string of the molecule is CC(C)(F)c1ccc(C(CC(=O)O)C2CC2)cc1Br. The fourth-order valence-corrected chi connectivity index (χ4v) is 3.36. The van der Waals surface area contributed by atoms with E-state index in [1.54, 1.807) is 6.07 Å². The van der Waals surface area contributed by atoms with Gasteiger partial charge in [0, 0.05) is 10.0 Å². The zero-order valence-electron chi connectivity index (χ0n) is 11.1. The van der Waals surface area contributed by atoms with Crippen LogP contribution in [0.1, 0.15) is 50.2 Å². The van der Waals surface area contributed by atoms with Gasteiger partial charge in [0.1, 0.15) is 5.67 Å². The van der Waals surface area contributed by atoms with Crippen molar-refractivity contribution in [3.8, 4) is 0 Å². The van der Waals surface area contributed by atoms with Crippen LogP contribution in [0.3, 0.4) is 0 Å². The highest BCUT2D eigenvalue weighted by Gasteiger charge is 2.34. The smallest absolute Gasteiger partial charge is 0.303 e. The molecule has 1 aromatic carbocycles. The number of carboxylic acids is 1. The number of hydrogen-bond donors (Lipinski definition) is 1. The Morgan fingerprint density at radius 2 is 2.16 bits per heavy atom. The summed E-state index contributed by atoms with van der Waals surface area (Å²) in [6.07, 6.45) is 2.33. The Morgan fingerprint density at radius 1 is 1.53 bits per heavy atom. The highest BCUT2D eigenvalue weighted by atomic mass is 79.9. The summed E-state index contributed by atoms with van der Waals surface area (Å²) in [5, 5.41) is 9.00. The molecule has 2 nitrogen and oxygen atoms in total. The summed E-state index contributed by atoms with van der Waals surface area (Å²) in [6, 6.07) is 5.51. The summed E-state index contributed by atoms with van der Waals surface area (Å²) in [5.74, 6) is -0.263. The molecule has 2 rings (SSSR count). The van der Waals surface area contributed by atoms with E-state index < -0.39 is 11.6 Å². The van der Waals surface area contributed by atoms with Gasteiger partial charge in [0.25, 0.3) is 0 Å². The van der Waals surface area contributed by atoms with Gasteiger partial charge in [-0.05, 0) is 50.2 Å². The molecule has 0 bridgehead atoms. The van der Waals surface area contributed by atoms with E-state index in [1.807, 2.05) is 12.1 Å². The first-order valence-electron chi connectivity index (χ1n) is 6.49. The summed E-state index contributed by atoms with van der Waals surface area (Å²) in [4.78, 5) is 11.0. The minimum absolute atomic E-state index is 0.0468. The van der Waals surface area contributed by atoms with Crippen LogP contribution in [0.15, 0.2) is 22.7 Å². The Morgan fingerprint density at radius 3 is 2.58 bits per heavy atom. The summed E-state index contributed by atoms with van der Waals surface area (Å²) >= 11 is 3.40. The number of halogens is 2. The van der Waals surface area contributed by atoms with Gasteiger partial charge in [0.15, 0.2) is 0 Å². The standard InChI is InChI=1S/C15H18BrFO2/c1-15(2,17)12-6-5-10(7-13(12)16)11(8-14(18)19)9-3-4-9/h5-7,9,11H,3-4,8H2,1-2H3,(H,18,19). The van der Waals surface area contributed by atoms with Gasteiger partial charge in [-0.2, -0.15) is 0 Å². The maximum absolute atomic E-state index is 14.0. The summed E-state index contributed by atoms with van der Waals surface area (Å²) in [6.45, 7) is 3.03. The van der Waals surface area contributed by atoms with Gasteiger partial charge in [-0.25, -0.2) is 4.39 Å². The van der Waals surface area contributed by atoms with Crippen LogP contribution in [-0.4, -0.2) is 11.1 Å². The van der Waals surface area contributed by atoms with E-state index in [0.29, 0.717) is 16.0 Å². The lowest BCUT2D eigenvalue weighted by molar-refractivity contribution is -0.137. The normalized spacial score (nSPS) is 17.3. The van der Waals surface area contributed by atoms with Crippen molar-refractivity contribution >= 4 is 21.9 Å². The Labute approximate surface area is 121 Å². The molecule has 1 aliphatic rings. The predicted molar refractivity (Wildman–Crippen MR) is 76.0 cm³/mol. The number of alkyl halides is 1. The van der Waals surface area contributed by atoms with Crippen molar-refractivity contribution in [1.82, 2.24) is 0 Å². The molecular weight excluding hydrogens is 311 g/mol. The van der Waals surface area contributed by atoms with Crippen molar-refractivity contribution in [2.45, 2.75) is 44.7 Å². The number of carboxylic acid groups (broad SMARTS) is 1. The van der Waals surface area contributed by atoms with Crippen LogP contribution in [0, 0.1) is 5.92 Å². The van der Waals surface area contributed by atoms with Gasteiger partial charge in [0.05, 0.1) is 6.42 Å². The highest BCUT2D eigenvalue weighted by Crippen LogP contribution is 2.45. The van der Waals surface area contributed by atoms with E-state index >= 15 is 0 Å². The number of hydrogen-bond acceptors (Lipinski definition) is 1. The van der Waals surface area contributed by atoms with Gasteiger partial charge in [-0.15, -0.1) is 0 Å². The average Bonchev–Trinajstić information content (AvgIpc) is 3.07. The molecule has 104 valence electrons. The third-order valence-corrected chi connectivity index (χ3v) is 4.30. The molecule has 1 unspecified atom stereocenters. The van der Waals surface area contributed by atoms with E-state index in [9.17, 15) is 9.18 Å². The quantitative estimate of drug-likeness (QED) is 0.856. The maximum Gasteiger partial charge on any atom is 0.303 e. The van der Waals surface area contributed by atoms with Crippen molar-refractivity contribution < 1.29 is 14.3 Å². The predicted octanol–water partition coefficient (Wildman–Crippen LogP) is 4.62. The molecule has 0 saturated heterocycles. The van der Waals surface area contributed by atoms with Crippen LogP contribution >= 0.6 is 15.9 Å². The average molecular weight is 329 g/mol. The lowest BCUT2D eigenvalue weighted by atomic mass is 9.89. The van der Waals surface area contributed by atoms with E-state index in [1.165, 1.54) is 13.8 Å². The van der Waals surface area contributed by atoms with Gasteiger partial charge >= 0.3 is 5.97 Å². The van der Waals surface area contributed by atoms with Crippen molar-refractivity contribution in [3.05, 3.63) is 33.8 Å². The molecule has 0 spiro atoms. The Hall–Kier alpha value is -0.900. The van der Waals surface area contributed by atoms with Crippen molar-refractivity contribution in [2.24, 2.45) is 5.92 Å². The topological polar surface area (TPSA) is 37.3 Å². The molecule has 0 amide bonds. The first kappa shape index (κ1) is 14.5. The van der Waals surface area contributed by atoms with Crippen molar-refractivity contribution in [2.75, 3.05) is 0 Å². The van der Waals surface area contributed by atoms with Crippen LogP contribution in [0.5, 0.6) is 0 Å². The van der Waals surface area contributed by atoms with Gasteiger partial charge in [0.2, 0.25) is 0 Å². The lowest BCUT2D eigenvalue weighted by Gasteiger charge is -2.20. The van der Waals surface area contributed by atoms with Crippen LogP contribution in [0.4, 0.5) is 4.39 Å². The summed E-state index contributed by atoms with van der Waals surface area (Å²) in [5.41, 5.74) is 0.185. The van der Waals surface area contributed by atoms with Crippen LogP contribution in [-0.2, 0) is 10.5 Å².